The summed E-state index contributed by atoms with van der Waals surface area (Å²) >= 11 is 10.6. The lowest BCUT2D eigenvalue weighted by Crippen LogP contribution is -2.33. The van der Waals surface area contributed by atoms with Crippen LogP contribution >= 0.6 is 38.9 Å². The fourth-order valence-electron chi connectivity index (χ4n) is 1.65. The van der Waals surface area contributed by atoms with Gasteiger partial charge in [-0.3, -0.25) is 9.59 Å². The zero-order valence-corrected chi connectivity index (χ0v) is 13.8. The van der Waals surface area contributed by atoms with Crippen molar-refractivity contribution >= 4 is 44.8 Å². The van der Waals surface area contributed by atoms with Crippen LogP contribution in [0.3, 0.4) is 0 Å². The van der Waals surface area contributed by atoms with E-state index in [-0.39, 0.29) is 18.0 Å². The molecule has 2 rings (SSSR count). The first-order chi connectivity index (χ1) is 9.45. The quantitative estimate of drug-likeness (QED) is 0.824. The van der Waals surface area contributed by atoms with Gasteiger partial charge in [-0.2, -0.15) is 0 Å². The standard InChI is InChI=1S/C13H12BrClN2O2S/c1-16(7-10-3-4-11(15)20-10)13(19)8-17-6-9(14)2-5-12(17)18/h2-6H,7-8H2,1H3. The minimum Gasteiger partial charge on any atom is -0.339 e. The van der Waals surface area contributed by atoms with Gasteiger partial charge in [0.2, 0.25) is 5.91 Å². The first kappa shape index (κ1) is 15.3. The third-order valence-corrected chi connectivity index (χ3v) is 4.39. The largest absolute Gasteiger partial charge is 0.339 e. The van der Waals surface area contributed by atoms with E-state index in [4.69, 9.17) is 11.6 Å². The Morgan fingerprint density at radius 3 is 2.80 bits per heavy atom. The molecule has 0 fully saturated rings. The number of aromatic nitrogens is 1. The second-order valence-corrected chi connectivity index (χ2v) is 6.98. The molecule has 0 aliphatic heterocycles. The number of rotatable bonds is 4. The maximum Gasteiger partial charge on any atom is 0.251 e. The highest BCUT2D eigenvalue weighted by Crippen LogP contribution is 2.22. The van der Waals surface area contributed by atoms with E-state index in [1.807, 2.05) is 6.07 Å². The predicted molar refractivity (Wildman–Crippen MR) is 84.2 cm³/mol. The summed E-state index contributed by atoms with van der Waals surface area (Å²) in [6, 6.07) is 6.78. The molecule has 2 heterocycles. The lowest BCUT2D eigenvalue weighted by Gasteiger charge is -2.17. The molecule has 0 aliphatic rings. The maximum absolute atomic E-state index is 12.1. The Bertz CT molecular complexity index is 683. The van der Waals surface area contributed by atoms with Gasteiger partial charge < -0.3 is 9.47 Å². The van der Waals surface area contributed by atoms with Crippen LogP contribution in [0.15, 0.2) is 39.7 Å². The molecule has 0 bridgehead atoms. The minimum atomic E-state index is -0.200. The zero-order valence-electron chi connectivity index (χ0n) is 10.7. The zero-order chi connectivity index (χ0) is 14.7. The van der Waals surface area contributed by atoms with Gasteiger partial charge in [0.25, 0.3) is 5.56 Å². The average Bonchev–Trinajstić information content (AvgIpc) is 2.79. The van der Waals surface area contributed by atoms with Gasteiger partial charge in [0.05, 0.1) is 10.9 Å². The summed E-state index contributed by atoms with van der Waals surface area (Å²) in [6.07, 6.45) is 1.61. The molecule has 20 heavy (non-hydrogen) atoms. The smallest absolute Gasteiger partial charge is 0.251 e. The number of halogens is 2. The molecule has 0 N–H and O–H groups in total. The highest BCUT2D eigenvalue weighted by atomic mass is 79.9. The SMILES string of the molecule is CN(Cc1ccc(Cl)s1)C(=O)Cn1cc(Br)ccc1=O. The number of hydrogen-bond acceptors (Lipinski definition) is 3. The number of likely N-dealkylation sites (N-methyl/N-ethyl adjacent to an activating group) is 1. The molecular weight excluding hydrogens is 364 g/mol. The average molecular weight is 376 g/mol. The van der Waals surface area contributed by atoms with Crippen molar-refractivity contribution in [3.8, 4) is 0 Å². The Morgan fingerprint density at radius 1 is 1.40 bits per heavy atom. The highest BCUT2D eigenvalue weighted by molar-refractivity contribution is 9.10. The number of carbonyl (C=O) groups excluding carboxylic acids is 1. The predicted octanol–water partition coefficient (Wildman–Crippen LogP) is 2.98. The minimum absolute atomic E-state index is 0.0217. The Labute approximate surface area is 133 Å². The summed E-state index contributed by atoms with van der Waals surface area (Å²) in [6.45, 7) is 0.507. The molecule has 0 aromatic carbocycles. The maximum atomic E-state index is 12.1. The number of thiophene rings is 1. The molecule has 0 saturated carbocycles. The van der Waals surface area contributed by atoms with Crippen LogP contribution in [0.25, 0.3) is 0 Å². The Kier molecular flexibility index (Phi) is 5.01. The summed E-state index contributed by atoms with van der Waals surface area (Å²) in [5, 5.41) is 0. The second-order valence-electron chi connectivity index (χ2n) is 4.27. The molecule has 2 aromatic rings. The van der Waals surface area contributed by atoms with Crippen molar-refractivity contribution in [3.05, 3.63) is 54.5 Å². The van der Waals surface area contributed by atoms with E-state index in [0.717, 1.165) is 9.35 Å². The number of hydrogen-bond donors (Lipinski definition) is 0. The van der Waals surface area contributed by atoms with Crippen LogP contribution in [0, 0.1) is 0 Å². The highest BCUT2D eigenvalue weighted by Gasteiger charge is 2.12. The molecule has 0 atom stereocenters. The van der Waals surface area contributed by atoms with Crippen molar-refractivity contribution < 1.29 is 4.79 Å². The van der Waals surface area contributed by atoms with Crippen LogP contribution in [-0.4, -0.2) is 22.4 Å². The van der Waals surface area contributed by atoms with E-state index in [1.54, 1.807) is 30.3 Å². The number of pyridine rings is 1. The van der Waals surface area contributed by atoms with Crippen LogP contribution in [-0.2, 0) is 17.9 Å². The summed E-state index contributed by atoms with van der Waals surface area (Å²) in [5.74, 6) is -0.130. The van der Waals surface area contributed by atoms with Crippen LogP contribution in [0.2, 0.25) is 4.34 Å². The molecule has 0 saturated heterocycles. The lowest BCUT2D eigenvalue weighted by atomic mass is 10.4. The number of amides is 1. The van der Waals surface area contributed by atoms with Crippen molar-refractivity contribution in [1.82, 2.24) is 9.47 Å². The van der Waals surface area contributed by atoms with E-state index >= 15 is 0 Å². The van der Waals surface area contributed by atoms with Gasteiger partial charge in [0.1, 0.15) is 6.54 Å². The molecule has 0 aliphatic carbocycles. The van der Waals surface area contributed by atoms with Crippen molar-refractivity contribution in [1.29, 1.82) is 0 Å². The molecule has 0 unspecified atom stereocenters. The van der Waals surface area contributed by atoms with Gasteiger partial charge in [0.15, 0.2) is 0 Å². The molecule has 106 valence electrons. The summed E-state index contributed by atoms with van der Waals surface area (Å²) in [4.78, 5) is 26.3. The van der Waals surface area contributed by atoms with Crippen LogP contribution in [0.4, 0.5) is 0 Å². The van der Waals surface area contributed by atoms with Crippen molar-refractivity contribution in [3.63, 3.8) is 0 Å². The Balaban J connectivity index is 2.04. The van der Waals surface area contributed by atoms with Crippen molar-refractivity contribution in [2.75, 3.05) is 7.05 Å². The monoisotopic (exact) mass is 374 g/mol. The van der Waals surface area contributed by atoms with Crippen LogP contribution in [0.1, 0.15) is 4.88 Å². The Hall–Kier alpha value is -1.11. The van der Waals surface area contributed by atoms with Crippen LogP contribution in [0.5, 0.6) is 0 Å². The van der Waals surface area contributed by atoms with Gasteiger partial charge in [-0.15, -0.1) is 11.3 Å². The summed E-state index contributed by atoms with van der Waals surface area (Å²) in [7, 11) is 1.71. The van der Waals surface area contributed by atoms with Gasteiger partial charge in [-0.25, -0.2) is 0 Å². The number of nitrogens with zero attached hydrogens (tertiary/aromatic N) is 2. The van der Waals surface area contributed by atoms with E-state index in [0.29, 0.717) is 10.9 Å². The Morgan fingerprint density at radius 2 is 2.15 bits per heavy atom. The van der Waals surface area contributed by atoms with Gasteiger partial charge >= 0.3 is 0 Å². The van der Waals surface area contributed by atoms with E-state index in [2.05, 4.69) is 15.9 Å². The molecular formula is C13H12BrClN2O2S. The lowest BCUT2D eigenvalue weighted by molar-refractivity contribution is -0.131. The van der Waals surface area contributed by atoms with Crippen molar-refractivity contribution in [2.24, 2.45) is 0 Å². The summed E-state index contributed by atoms with van der Waals surface area (Å²) in [5.41, 5.74) is -0.200. The second kappa shape index (κ2) is 6.56. The van der Waals surface area contributed by atoms with Crippen LogP contribution < -0.4 is 5.56 Å². The molecule has 7 heteroatoms. The first-order valence-electron chi connectivity index (χ1n) is 5.80. The van der Waals surface area contributed by atoms with Gasteiger partial charge in [-0.05, 0) is 34.1 Å². The van der Waals surface area contributed by atoms with E-state index in [9.17, 15) is 9.59 Å². The summed E-state index contributed by atoms with van der Waals surface area (Å²) < 4.78 is 2.84. The molecule has 0 radical (unpaired) electrons. The molecule has 0 spiro atoms. The first-order valence-corrected chi connectivity index (χ1v) is 7.78. The molecule has 2 aromatic heterocycles. The third-order valence-electron chi connectivity index (χ3n) is 2.70. The van der Waals surface area contributed by atoms with Gasteiger partial charge in [-0.1, -0.05) is 11.6 Å². The fourth-order valence-corrected chi connectivity index (χ4v) is 3.17. The topological polar surface area (TPSA) is 42.3 Å². The third kappa shape index (κ3) is 3.94. The van der Waals surface area contributed by atoms with Gasteiger partial charge in [0, 0.05) is 28.7 Å². The normalized spacial score (nSPS) is 10.6. The van der Waals surface area contributed by atoms with E-state index in [1.165, 1.54) is 22.0 Å². The molecule has 4 nitrogen and oxygen atoms in total. The van der Waals surface area contributed by atoms with E-state index < -0.39 is 0 Å². The molecule has 1 amide bonds. The number of carbonyl (C=O) groups is 1. The van der Waals surface area contributed by atoms with Crippen molar-refractivity contribution in [2.45, 2.75) is 13.1 Å². The fraction of sp³-hybridized carbons (Fsp3) is 0.231.